The molecular formula is C17H17ClN4. The lowest BCUT2D eigenvalue weighted by molar-refractivity contribution is 0.833. The van der Waals surface area contributed by atoms with E-state index in [0.717, 1.165) is 22.8 Å². The van der Waals surface area contributed by atoms with Crippen molar-refractivity contribution in [3.05, 3.63) is 70.8 Å². The Kier molecular flexibility index (Phi) is 4.11. The van der Waals surface area contributed by atoms with Gasteiger partial charge in [-0.2, -0.15) is 5.10 Å². The van der Waals surface area contributed by atoms with Crippen LogP contribution in [-0.4, -0.2) is 14.8 Å². The molecule has 3 aromatic rings. The number of hydrogen-bond acceptors (Lipinski definition) is 3. The minimum Gasteiger partial charge on any atom is -0.381 e. The molecule has 0 radical (unpaired) electrons. The lowest BCUT2D eigenvalue weighted by atomic mass is 10.2. The van der Waals surface area contributed by atoms with Crippen molar-refractivity contribution >= 4 is 17.3 Å². The van der Waals surface area contributed by atoms with Gasteiger partial charge in [-0.3, -0.25) is 0 Å². The third-order valence-electron chi connectivity index (χ3n) is 3.64. The molecule has 0 unspecified atom stereocenters. The Hall–Kier alpha value is -2.33. The third kappa shape index (κ3) is 2.97. The number of pyridine rings is 1. The number of hydrogen-bond donors (Lipinski definition) is 1. The van der Waals surface area contributed by atoms with Crippen LogP contribution in [-0.2, 0) is 6.54 Å². The highest BCUT2D eigenvalue weighted by molar-refractivity contribution is 6.29. The predicted octanol–water partition coefficient (Wildman–Crippen LogP) is 4.15. The minimum absolute atomic E-state index is 0.485. The van der Waals surface area contributed by atoms with Gasteiger partial charge in [-0.15, -0.1) is 0 Å². The van der Waals surface area contributed by atoms with Crippen LogP contribution in [0.1, 0.15) is 17.0 Å². The number of nitrogens with zero attached hydrogens (tertiary/aromatic N) is 3. The van der Waals surface area contributed by atoms with Crippen LogP contribution in [0.5, 0.6) is 0 Å². The Labute approximate surface area is 134 Å². The molecule has 2 heterocycles. The third-order valence-corrected chi connectivity index (χ3v) is 3.84. The molecule has 112 valence electrons. The number of para-hydroxylation sites is 1. The highest BCUT2D eigenvalue weighted by Gasteiger charge is 2.12. The summed E-state index contributed by atoms with van der Waals surface area (Å²) >= 11 is 5.91. The number of halogens is 1. The van der Waals surface area contributed by atoms with Crippen LogP contribution in [0.25, 0.3) is 5.69 Å². The number of rotatable bonds is 4. The van der Waals surface area contributed by atoms with E-state index in [0.29, 0.717) is 11.7 Å². The highest BCUT2D eigenvalue weighted by atomic mass is 35.5. The van der Waals surface area contributed by atoms with E-state index < -0.39 is 0 Å². The number of benzene rings is 1. The zero-order chi connectivity index (χ0) is 15.5. The molecule has 3 rings (SSSR count). The van der Waals surface area contributed by atoms with Gasteiger partial charge in [0.1, 0.15) is 5.15 Å². The van der Waals surface area contributed by atoms with E-state index in [-0.39, 0.29) is 0 Å². The van der Waals surface area contributed by atoms with Crippen molar-refractivity contribution in [1.29, 1.82) is 0 Å². The quantitative estimate of drug-likeness (QED) is 0.736. The van der Waals surface area contributed by atoms with E-state index in [4.69, 9.17) is 11.6 Å². The molecule has 0 spiro atoms. The van der Waals surface area contributed by atoms with Crippen LogP contribution < -0.4 is 5.32 Å². The fourth-order valence-corrected chi connectivity index (χ4v) is 2.63. The van der Waals surface area contributed by atoms with Crippen molar-refractivity contribution < 1.29 is 0 Å². The van der Waals surface area contributed by atoms with Gasteiger partial charge >= 0.3 is 0 Å². The van der Waals surface area contributed by atoms with Gasteiger partial charge in [-0.1, -0.05) is 29.8 Å². The average molecular weight is 313 g/mol. The van der Waals surface area contributed by atoms with Gasteiger partial charge in [0.2, 0.25) is 0 Å². The minimum atomic E-state index is 0.485. The molecule has 0 saturated carbocycles. The second kappa shape index (κ2) is 6.20. The SMILES string of the molecule is Cc1nn(-c2ccccc2)c(C)c1CNc1ccnc(Cl)c1. The molecule has 2 aromatic heterocycles. The summed E-state index contributed by atoms with van der Waals surface area (Å²) in [5, 5.41) is 8.50. The molecule has 0 bridgehead atoms. The Bertz CT molecular complexity index is 781. The fraction of sp³-hybridized carbons (Fsp3) is 0.176. The molecule has 0 atom stereocenters. The maximum Gasteiger partial charge on any atom is 0.131 e. The molecule has 1 aromatic carbocycles. The molecular weight excluding hydrogens is 296 g/mol. The summed E-state index contributed by atoms with van der Waals surface area (Å²) in [5.41, 5.74) is 5.37. The second-order valence-corrected chi connectivity index (χ2v) is 5.50. The summed E-state index contributed by atoms with van der Waals surface area (Å²) < 4.78 is 1.98. The van der Waals surface area contributed by atoms with Crippen LogP contribution in [0.2, 0.25) is 5.15 Å². The molecule has 0 amide bonds. The number of nitrogens with one attached hydrogen (secondary N) is 1. The van der Waals surface area contributed by atoms with Gasteiger partial charge in [0, 0.05) is 29.7 Å². The van der Waals surface area contributed by atoms with Gasteiger partial charge in [0.25, 0.3) is 0 Å². The van der Waals surface area contributed by atoms with Crippen LogP contribution in [0, 0.1) is 13.8 Å². The van der Waals surface area contributed by atoms with Gasteiger partial charge in [0.15, 0.2) is 0 Å². The van der Waals surface area contributed by atoms with Crippen molar-refractivity contribution in [2.45, 2.75) is 20.4 Å². The van der Waals surface area contributed by atoms with Crippen molar-refractivity contribution in [1.82, 2.24) is 14.8 Å². The standard InChI is InChI=1S/C17H17ClN4/c1-12-16(11-20-14-8-9-19-17(18)10-14)13(2)22(21-12)15-6-4-3-5-7-15/h3-10H,11H2,1-2H3,(H,19,20). The van der Waals surface area contributed by atoms with Gasteiger partial charge < -0.3 is 5.32 Å². The maximum absolute atomic E-state index is 5.91. The monoisotopic (exact) mass is 312 g/mol. The molecule has 0 aliphatic heterocycles. The Balaban J connectivity index is 1.84. The second-order valence-electron chi connectivity index (χ2n) is 5.12. The molecule has 0 fully saturated rings. The summed E-state index contributed by atoms with van der Waals surface area (Å²) in [6.45, 7) is 4.82. The predicted molar refractivity (Wildman–Crippen MR) is 89.6 cm³/mol. The number of aryl methyl sites for hydroxylation is 1. The van der Waals surface area contributed by atoms with E-state index >= 15 is 0 Å². The Morgan fingerprint density at radius 1 is 1.14 bits per heavy atom. The van der Waals surface area contributed by atoms with E-state index in [1.165, 1.54) is 5.56 Å². The first-order chi connectivity index (χ1) is 10.6. The van der Waals surface area contributed by atoms with E-state index in [9.17, 15) is 0 Å². The normalized spacial score (nSPS) is 10.7. The number of anilines is 1. The topological polar surface area (TPSA) is 42.7 Å². The maximum atomic E-state index is 5.91. The van der Waals surface area contributed by atoms with Crippen molar-refractivity contribution in [2.75, 3.05) is 5.32 Å². The van der Waals surface area contributed by atoms with Gasteiger partial charge in [-0.25, -0.2) is 9.67 Å². The molecule has 0 aliphatic carbocycles. The molecule has 0 saturated heterocycles. The summed E-state index contributed by atoms with van der Waals surface area (Å²) in [7, 11) is 0. The van der Waals surface area contributed by atoms with Gasteiger partial charge in [0.05, 0.1) is 11.4 Å². The summed E-state index contributed by atoms with van der Waals surface area (Å²) in [4.78, 5) is 3.98. The Morgan fingerprint density at radius 3 is 2.64 bits per heavy atom. The molecule has 1 N–H and O–H groups in total. The average Bonchev–Trinajstić information content (AvgIpc) is 2.81. The fourth-order valence-electron chi connectivity index (χ4n) is 2.45. The first-order valence-electron chi connectivity index (χ1n) is 7.11. The van der Waals surface area contributed by atoms with Gasteiger partial charge in [-0.05, 0) is 38.1 Å². The largest absolute Gasteiger partial charge is 0.381 e. The lowest BCUT2D eigenvalue weighted by Crippen LogP contribution is -2.03. The van der Waals surface area contributed by atoms with Crippen molar-refractivity contribution in [3.8, 4) is 5.69 Å². The summed E-state index contributed by atoms with van der Waals surface area (Å²) in [6.07, 6.45) is 1.69. The van der Waals surface area contributed by atoms with Crippen LogP contribution in [0.4, 0.5) is 5.69 Å². The molecule has 4 nitrogen and oxygen atoms in total. The zero-order valence-corrected chi connectivity index (χ0v) is 13.3. The lowest BCUT2D eigenvalue weighted by Gasteiger charge is -2.08. The van der Waals surface area contributed by atoms with Crippen LogP contribution in [0.15, 0.2) is 48.7 Å². The van der Waals surface area contributed by atoms with E-state index in [1.807, 2.05) is 41.9 Å². The van der Waals surface area contributed by atoms with Crippen LogP contribution in [0.3, 0.4) is 0 Å². The highest BCUT2D eigenvalue weighted by Crippen LogP contribution is 2.20. The number of aromatic nitrogens is 3. The molecule has 22 heavy (non-hydrogen) atoms. The summed E-state index contributed by atoms with van der Waals surface area (Å²) in [5.74, 6) is 0. The van der Waals surface area contributed by atoms with Crippen molar-refractivity contribution in [2.24, 2.45) is 0 Å². The first-order valence-corrected chi connectivity index (χ1v) is 7.49. The van der Waals surface area contributed by atoms with Crippen LogP contribution >= 0.6 is 11.6 Å². The van der Waals surface area contributed by atoms with E-state index in [1.54, 1.807) is 6.20 Å². The Morgan fingerprint density at radius 2 is 1.91 bits per heavy atom. The first kappa shape index (κ1) is 14.6. The zero-order valence-electron chi connectivity index (χ0n) is 12.5. The van der Waals surface area contributed by atoms with E-state index in [2.05, 4.69) is 34.5 Å². The van der Waals surface area contributed by atoms with Crippen molar-refractivity contribution in [3.63, 3.8) is 0 Å². The summed E-state index contributed by atoms with van der Waals surface area (Å²) in [6, 6.07) is 13.9. The molecule has 0 aliphatic rings. The molecule has 5 heteroatoms. The smallest absolute Gasteiger partial charge is 0.131 e.